The summed E-state index contributed by atoms with van der Waals surface area (Å²) in [4.78, 5) is 9.57. The second kappa shape index (κ2) is 5.80. The topological polar surface area (TPSA) is 70.2 Å². The zero-order chi connectivity index (χ0) is 13.8. The molecule has 0 aliphatic carbocycles. The average molecular weight is 267 g/mol. The summed E-state index contributed by atoms with van der Waals surface area (Å²) in [6.45, 7) is 1.05. The molecule has 18 heavy (non-hydrogen) atoms. The van der Waals surface area contributed by atoms with Gasteiger partial charge in [0.25, 0.3) is 0 Å². The van der Waals surface area contributed by atoms with E-state index in [1.54, 1.807) is 6.92 Å². The van der Waals surface area contributed by atoms with Crippen LogP contribution >= 0.6 is 0 Å². The maximum Gasteiger partial charge on any atom is 0.416 e. The second-order valence-corrected chi connectivity index (χ2v) is 3.55. The van der Waals surface area contributed by atoms with Crippen LogP contribution in [0.3, 0.4) is 0 Å². The van der Waals surface area contributed by atoms with Crippen LogP contribution in [0.15, 0.2) is 12.3 Å². The Morgan fingerprint density at radius 2 is 2.28 bits per heavy atom. The van der Waals surface area contributed by atoms with E-state index in [1.165, 1.54) is 0 Å². The minimum absolute atomic E-state index is 0.0342. The van der Waals surface area contributed by atoms with Crippen molar-refractivity contribution in [3.63, 3.8) is 0 Å². The van der Waals surface area contributed by atoms with Gasteiger partial charge in [0.2, 0.25) is 0 Å². The smallest absolute Gasteiger partial charge is 0.367 e. The Morgan fingerprint density at radius 3 is 2.72 bits per heavy atom. The van der Waals surface area contributed by atoms with E-state index in [4.69, 9.17) is 0 Å². The molecular weight excluding hydrogens is 255 g/mol. The molecule has 0 fully saturated rings. The van der Waals surface area contributed by atoms with Gasteiger partial charge in [-0.25, -0.2) is 0 Å². The van der Waals surface area contributed by atoms with E-state index in [9.17, 15) is 23.3 Å². The van der Waals surface area contributed by atoms with Crippen LogP contribution < -0.4 is 0 Å². The standard InChI is InChI=1S/C9H12F3N3O3/c1-2-5-18-7(9(10,11)12)6-14-4-3-8(13-14)15(16)17/h3-4,7H,2,5-6H2,1H3. The Balaban J connectivity index is 2.72. The van der Waals surface area contributed by atoms with Gasteiger partial charge in [0.15, 0.2) is 6.10 Å². The first-order valence-electron chi connectivity index (χ1n) is 5.20. The van der Waals surface area contributed by atoms with Crippen molar-refractivity contribution in [2.75, 3.05) is 6.61 Å². The normalized spacial score (nSPS) is 13.6. The van der Waals surface area contributed by atoms with Crippen molar-refractivity contribution in [3.05, 3.63) is 22.4 Å². The molecule has 0 amide bonds. The molecule has 0 aliphatic heterocycles. The van der Waals surface area contributed by atoms with Crippen LogP contribution in [0.1, 0.15) is 13.3 Å². The number of hydrogen-bond donors (Lipinski definition) is 0. The number of halogens is 3. The Bertz CT molecular complexity index is 405. The third kappa shape index (κ3) is 3.99. The zero-order valence-electron chi connectivity index (χ0n) is 9.55. The molecule has 1 aromatic heterocycles. The maximum atomic E-state index is 12.6. The van der Waals surface area contributed by atoms with Crippen molar-refractivity contribution in [3.8, 4) is 0 Å². The van der Waals surface area contributed by atoms with Crippen LogP contribution in [-0.4, -0.2) is 33.6 Å². The van der Waals surface area contributed by atoms with Gasteiger partial charge < -0.3 is 14.9 Å². The molecule has 6 nitrogen and oxygen atoms in total. The van der Waals surface area contributed by atoms with E-state index >= 15 is 0 Å². The number of ether oxygens (including phenoxy) is 1. The minimum Gasteiger partial charge on any atom is -0.367 e. The third-order valence-electron chi connectivity index (χ3n) is 2.05. The molecule has 0 saturated heterocycles. The molecule has 0 aliphatic rings. The summed E-state index contributed by atoms with van der Waals surface area (Å²) in [5.41, 5.74) is 0. The minimum atomic E-state index is -4.53. The van der Waals surface area contributed by atoms with Crippen molar-refractivity contribution in [1.29, 1.82) is 0 Å². The zero-order valence-corrected chi connectivity index (χ0v) is 9.55. The summed E-state index contributed by atoms with van der Waals surface area (Å²) in [6, 6.07) is 1.03. The SMILES string of the molecule is CCCOC(Cn1ccc([N+](=O)[O-])n1)C(F)(F)F. The first-order chi connectivity index (χ1) is 8.34. The number of nitro groups is 1. The molecule has 1 rings (SSSR count). The molecule has 1 atom stereocenters. The van der Waals surface area contributed by atoms with Crippen molar-refractivity contribution in [2.45, 2.75) is 32.2 Å². The molecule has 0 N–H and O–H groups in total. The van der Waals surface area contributed by atoms with Crippen molar-refractivity contribution >= 4 is 5.82 Å². The van der Waals surface area contributed by atoms with Crippen LogP contribution in [0.5, 0.6) is 0 Å². The summed E-state index contributed by atoms with van der Waals surface area (Å²) in [6.07, 6.45) is -4.98. The lowest BCUT2D eigenvalue weighted by molar-refractivity contribution is -0.389. The summed E-state index contributed by atoms with van der Waals surface area (Å²) in [5, 5.41) is 13.8. The van der Waals surface area contributed by atoms with E-state index in [-0.39, 0.29) is 6.61 Å². The molecule has 0 aromatic carbocycles. The van der Waals surface area contributed by atoms with Crippen LogP contribution in [-0.2, 0) is 11.3 Å². The van der Waals surface area contributed by atoms with E-state index in [2.05, 4.69) is 9.84 Å². The molecule has 0 spiro atoms. The molecule has 1 heterocycles. The maximum absolute atomic E-state index is 12.6. The van der Waals surface area contributed by atoms with E-state index in [1.807, 2.05) is 0 Å². The highest BCUT2D eigenvalue weighted by molar-refractivity contribution is 5.14. The molecule has 1 aromatic rings. The van der Waals surface area contributed by atoms with Gasteiger partial charge in [-0.2, -0.15) is 17.9 Å². The summed E-state index contributed by atoms with van der Waals surface area (Å²) < 4.78 is 43.3. The lowest BCUT2D eigenvalue weighted by atomic mass is 10.3. The average Bonchev–Trinajstić information content (AvgIpc) is 2.71. The van der Waals surface area contributed by atoms with Gasteiger partial charge in [-0.3, -0.25) is 0 Å². The highest BCUT2D eigenvalue weighted by Crippen LogP contribution is 2.24. The van der Waals surface area contributed by atoms with Crippen LogP contribution in [0.4, 0.5) is 19.0 Å². The van der Waals surface area contributed by atoms with Crippen LogP contribution in [0, 0.1) is 10.1 Å². The molecule has 0 radical (unpaired) electrons. The lowest BCUT2D eigenvalue weighted by Gasteiger charge is -2.19. The Morgan fingerprint density at radius 1 is 1.61 bits per heavy atom. The first-order valence-corrected chi connectivity index (χ1v) is 5.20. The first kappa shape index (κ1) is 14.4. The quantitative estimate of drug-likeness (QED) is 0.585. The van der Waals surface area contributed by atoms with Gasteiger partial charge in [0.05, 0.1) is 23.9 Å². The molecule has 9 heteroatoms. The van der Waals surface area contributed by atoms with E-state index in [0.717, 1.165) is 16.9 Å². The van der Waals surface area contributed by atoms with Gasteiger partial charge >= 0.3 is 12.0 Å². The van der Waals surface area contributed by atoms with Gasteiger partial charge in [-0.05, 0) is 11.3 Å². The number of nitrogens with zero attached hydrogens (tertiary/aromatic N) is 3. The van der Waals surface area contributed by atoms with E-state index in [0.29, 0.717) is 6.42 Å². The fourth-order valence-corrected chi connectivity index (χ4v) is 1.23. The number of rotatable bonds is 6. The molecule has 0 saturated carbocycles. The van der Waals surface area contributed by atoms with Crippen LogP contribution in [0.2, 0.25) is 0 Å². The highest BCUT2D eigenvalue weighted by atomic mass is 19.4. The predicted octanol–water partition coefficient (Wildman–Crippen LogP) is 2.15. The number of hydrogen-bond acceptors (Lipinski definition) is 4. The monoisotopic (exact) mass is 267 g/mol. The van der Waals surface area contributed by atoms with Crippen molar-refractivity contribution in [1.82, 2.24) is 9.78 Å². The third-order valence-corrected chi connectivity index (χ3v) is 2.05. The molecule has 102 valence electrons. The van der Waals surface area contributed by atoms with Gasteiger partial charge in [-0.15, -0.1) is 0 Å². The largest absolute Gasteiger partial charge is 0.416 e. The Labute approximate surface area is 100 Å². The fourth-order valence-electron chi connectivity index (χ4n) is 1.23. The van der Waals surface area contributed by atoms with Gasteiger partial charge in [0, 0.05) is 6.61 Å². The van der Waals surface area contributed by atoms with Crippen LogP contribution in [0.25, 0.3) is 0 Å². The summed E-state index contributed by atoms with van der Waals surface area (Å²) >= 11 is 0. The molecular formula is C9H12F3N3O3. The number of alkyl halides is 3. The fraction of sp³-hybridized carbons (Fsp3) is 0.667. The van der Waals surface area contributed by atoms with Crippen molar-refractivity contribution < 1.29 is 22.8 Å². The Kier molecular flexibility index (Phi) is 4.65. The van der Waals surface area contributed by atoms with E-state index < -0.39 is 29.6 Å². The predicted molar refractivity (Wildman–Crippen MR) is 55.0 cm³/mol. The summed E-state index contributed by atoms with van der Waals surface area (Å²) in [7, 11) is 0. The highest BCUT2D eigenvalue weighted by Gasteiger charge is 2.41. The van der Waals surface area contributed by atoms with Crippen molar-refractivity contribution in [2.24, 2.45) is 0 Å². The molecule has 0 bridgehead atoms. The van der Waals surface area contributed by atoms with Gasteiger partial charge in [-0.1, -0.05) is 6.92 Å². The lowest BCUT2D eigenvalue weighted by Crippen LogP contribution is -2.36. The van der Waals surface area contributed by atoms with Gasteiger partial charge in [0.1, 0.15) is 0 Å². The summed E-state index contributed by atoms with van der Waals surface area (Å²) in [5.74, 6) is -0.494. The Hall–Kier alpha value is -1.64. The number of aromatic nitrogens is 2. The second-order valence-electron chi connectivity index (χ2n) is 3.55. The molecule has 1 unspecified atom stereocenters.